The number of hydrogen-bond donors (Lipinski definition) is 4. The molecule has 2 unspecified atom stereocenters. The topological polar surface area (TPSA) is 98.7 Å². The van der Waals surface area contributed by atoms with Crippen LogP contribution in [0.3, 0.4) is 0 Å². The van der Waals surface area contributed by atoms with Gasteiger partial charge in [-0.05, 0) is 54.9 Å². The van der Waals surface area contributed by atoms with Crippen molar-refractivity contribution in [2.45, 2.75) is 49.0 Å². The summed E-state index contributed by atoms with van der Waals surface area (Å²) in [7, 11) is 0. The number of aliphatic hydroxyl groups is 2. The van der Waals surface area contributed by atoms with E-state index in [1.165, 1.54) is 0 Å². The average molecular weight is 789 g/mol. The van der Waals surface area contributed by atoms with E-state index in [4.69, 9.17) is 0 Å². The van der Waals surface area contributed by atoms with Crippen LogP contribution >= 0.6 is 0 Å². The molecule has 8 aromatic carbocycles. The number of carbonyl (C=O) groups is 2. The summed E-state index contributed by atoms with van der Waals surface area (Å²) in [4.78, 5) is 29.5. The largest absolute Gasteiger partial charge is 0.387 e. The van der Waals surface area contributed by atoms with Crippen LogP contribution in [0, 0.1) is 0 Å². The van der Waals surface area contributed by atoms with Crippen molar-refractivity contribution in [2.24, 2.45) is 0 Å². The van der Waals surface area contributed by atoms with Crippen molar-refractivity contribution in [3.05, 3.63) is 240 Å². The van der Waals surface area contributed by atoms with Gasteiger partial charge in [0.2, 0.25) is 0 Å². The second-order valence-corrected chi connectivity index (χ2v) is 15.8. The van der Waals surface area contributed by atoms with E-state index in [9.17, 15) is 19.8 Å². The van der Waals surface area contributed by atoms with E-state index in [-0.39, 0.29) is 25.7 Å². The van der Waals surface area contributed by atoms with Crippen LogP contribution in [0.5, 0.6) is 0 Å². The zero-order chi connectivity index (χ0) is 41.4. The van der Waals surface area contributed by atoms with Gasteiger partial charge in [0.1, 0.15) is 0 Å². The van der Waals surface area contributed by atoms with Crippen LogP contribution in [-0.4, -0.2) is 33.2 Å². The van der Waals surface area contributed by atoms with Gasteiger partial charge in [-0.2, -0.15) is 0 Å². The summed E-state index contributed by atoms with van der Waals surface area (Å²) in [6.45, 7) is 0. The highest BCUT2D eigenvalue weighted by molar-refractivity contribution is 6.35. The van der Waals surface area contributed by atoms with Crippen molar-refractivity contribution in [2.75, 3.05) is 0 Å². The number of rotatable bonds is 14. The van der Waals surface area contributed by atoms with Crippen LogP contribution in [0.2, 0.25) is 0 Å². The molecule has 4 N–H and O–H groups in total. The summed E-state index contributed by atoms with van der Waals surface area (Å²) in [6.07, 6.45) is 0.742. The molecule has 0 radical (unpaired) electrons. The van der Waals surface area contributed by atoms with Crippen molar-refractivity contribution in [3.8, 4) is 0 Å². The number of fused-ring (bicyclic) bond motifs is 2. The lowest BCUT2D eigenvalue weighted by Crippen LogP contribution is -2.55. The Morgan fingerprint density at radius 2 is 0.633 bits per heavy atom. The molecule has 0 aliphatic rings. The predicted molar refractivity (Wildman–Crippen MR) is 240 cm³/mol. The molecule has 6 heteroatoms. The molecule has 8 aromatic rings. The van der Waals surface area contributed by atoms with E-state index >= 15 is 0 Å². The molecule has 0 heterocycles. The predicted octanol–water partition coefficient (Wildman–Crippen LogP) is 9.44. The molecule has 60 heavy (non-hydrogen) atoms. The van der Waals surface area contributed by atoms with Crippen LogP contribution in [-0.2, 0) is 35.3 Å². The second kappa shape index (κ2) is 18.0. The lowest BCUT2D eigenvalue weighted by Gasteiger charge is -2.39. The molecular formula is C54H48N2O4. The number of carbonyl (C=O) groups excluding carboxylic acids is 2. The Bertz CT molecular complexity index is 2400. The molecule has 0 saturated heterocycles. The number of nitrogens with one attached hydrogen (secondary N) is 2. The van der Waals surface area contributed by atoms with E-state index in [0.717, 1.165) is 43.8 Å². The minimum atomic E-state index is -1.60. The minimum absolute atomic E-state index is 0.186. The van der Waals surface area contributed by atoms with Gasteiger partial charge < -0.3 is 20.8 Å². The highest BCUT2D eigenvalue weighted by Gasteiger charge is 2.44. The van der Waals surface area contributed by atoms with E-state index in [2.05, 4.69) is 10.6 Å². The fraction of sp³-hybridized carbons (Fsp3) is 0.148. The van der Waals surface area contributed by atoms with Crippen molar-refractivity contribution in [1.29, 1.82) is 0 Å². The first-order valence-electron chi connectivity index (χ1n) is 20.5. The molecule has 0 bridgehead atoms. The van der Waals surface area contributed by atoms with Gasteiger partial charge in [0.25, 0.3) is 0 Å². The highest BCUT2D eigenvalue weighted by atomic mass is 16.3. The number of amides is 2. The molecular weight excluding hydrogens is 741 g/mol. The van der Waals surface area contributed by atoms with E-state index in [0.29, 0.717) is 11.1 Å². The lowest BCUT2D eigenvalue weighted by molar-refractivity contribution is -0.142. The Kier molecular flexibility index (Phi) is 12.0. The third-order valence-corrected chi connectivity index (χ3v) is 11.5. The van der Waals surface area contributed by atoms with Gasteiger partial charge in [0.15, 0.2) is 0 Å². The van der Waals surface area contributed by atoms with Gasteiger partial charge in [-0.1, -0.05) is 206 Å². The van der Waals surface area contributed by atoms with Crippen molar-refractivity contribution in [1.82, 2.24) is 10.6 Å². The standard InChI is InChI=1S/C54H48N2O4/c57-51(55-49(47-33-17-29-43-27-13-15-31-45(43)47)53(59,35-39-19-5-1-6-20-39)36-40-21-7-2-8-22-40)52(58)56-50(48-34-18-30-44-28-14-16-32-46(44)48)54(60,37-41-23-9-3-10-24-41)38-42-25-11-4-12-26-42/h1-34,49-50,59-60H,35-38H2,(H,55,57)(H,56,58). The van der Waals surface area contributed by atoms with E-state index in [1.54, 1.807) is 0 Å². The maximum absolute atomic E-state index is 14.8. The van der Waals surface area contributed by atoms with Gasteiger partial charge in [0, 0.05) is 25.7 Å². The van der Waals surface area contributed by atoms with Gasteiger partial charge in [-0.3, -0.25) is 9.59 Å². The quantitative estimate of drug-likeness (QED) is 0.0826. The van der Waals surface area contributed by atoms with E-state index < -0.39 is 35.1 Å². The summed E-state index contributed by atoms with van der Waals surface area (Å²) < 4.78 is 0. The fourth-order valence-electron chi connectivity index (χ4n) is 8.73. The maximum atomic E-state index is 14.8. The first-order valence-corrected chi connectivity index (χ1v) is 20.5. The first kappa shape index (κ1) is 39.9. The Hall–Kier alpha value is -6.86. The van der Waals surface area contributed by atoms with Crippen molar-refractivity contribution >= 4 is 33.4 Å². The van der Waals surface area contributed by atoms with Gasteiger partial charge in [-0.15, -0.1) is 0 Å². The maximum Gasteiger partial charge on any atom is 0.309 e. The van der Waals surface area contributed by atoms with Crippen molar-refractivity contribution in [3.63, 3.8) is 0 Å². The summed E-state index contributed by atoms with van der Waals surface area (Å²) in [5.41, 5.74) is 1.67. The molecule has 2 amide bonds. The minimum Gasteiger partial charge on any atom is -0.387 e. The average Bonchev–Trinajstić information content (AvgIpc) is 3.28. The zero-order valence-electron chi connectivity index (χ0n) is 33.3. The summed E-state index contributed by atoms with van der Waals surface area (Å²) in [6, 6.07) is 64.0. The summed E-state index contributed by atoms with van der Waals surface area (Å²) in [5, 5.41) is 36.0. The first-order chi connectivity index (χ1) is 29.3. The SMILES string of the molecule is O=C(NC(c1cccc2ccccc12)C(O)(Cc1ccccc1)Cc1ccccc1)C(=O)NC(c1cccc2ccccc12)C(O)(Cc1ccccc1)Cc1ccccc1. The third kappa shape index (κ3) is 9.06. The Labute approximate surface area is 351 Å². The zero-order valence-corrected chi connectivity index (χ0v) is 33.3. The molecule has 0 fully saturated rings. The monoisotopic (exact) mass is 788 g/mol. The lowest BCUT2D eigenvalue weighted by atomic mass is 9.77. The van der Waals surface area contributed by atoms with Crippen LogP contribution < -0.4 is 10.6 Å². The fourth-order valence-corrected chi connectivity index (χ4v) is 8.73. The van der Waals surface area contributed by atoms with Crippen LogP contribution in [0.25, 0.3) is 21.5 Å². The molecule has 0 aliphatic heterocycles. The normalized spacial score (nSPS) is 12.8. The van der Waals surface area contributed by atoms with Gasteiger partial charge in [0.05, 0.1) is 23.3 Å². The molecule has 8 rings (SSSR count). The number of hydrogen-bond acceptors (Lipinski definition) is 4. The molecule has 0 aliphatic carbocycles. The molecule has 298 valence electrons. The van der Waals surface area contributed by atoms with Crippen LogP contribution in [0.15, 0.2) is 206 Å². The highest BCUT2D eigenvalue weighted by Crippen LogP contribution is 2.39. The third-order valence-electron chi connectivity index (χ3n) is 11.5. The summed E-state index contributed by atoms with van der Waals surface area (Å²) >= 11 is 0. The molecule has 0 aromatic heterocycles. The molecule has 6 nitrogen and oxygen atoms in total. The molecule has 0 saturated carbocycles. The second-order valence-electron chi connectivity index (χ2n) is 15.8. The van der Waals surface area contributed by atoms with Gasteiger partial charge in [-0.25, -0.2) is 0 Å². The van der Waals surface area contributed by atoms with Gasteiger partial charge >= 0.3 is 11.8 Å². The Balaban J connectivity index is 1.22. The van der Waals surface area contributed by atoms with E-state index in [1.807, 2.05) is 206 Å². The summed E-state index contributed by atoms with van der Waals surface area (Å²) in [5.74, 6) is -1.86. The van der Waals surface area contributed by atoms with Crippen LogP contribution in [0.1, 0.15) is 45.5 Å². The Morgan fingerprint density at radius 1 is 0.367 bits per heavy atom. The molecule has 2 atom stereocenters. The number of benzene rings is 8. The molecule has 0 spiro atoms. The van der Waals surface area contributed by atoms with Crippen LogP contribution in [0.4, 0.5) is 0 Å². The Morgan fingerprint density at radius 3 is 0.950 bits per heavy atom. The smallest absolute Gasteiger partial charge is 0.309 e. The van der Waals surface area contributed by atoms with Crippen molar-refractivity contribution < 1.29 is 19.8 Å².